The molecular weight excluding hydrogens is 405 g/mol. The molecule has 0 radical (unpaired) electrons. The Hall–Kier alpha value is -3.04. The zero-order valence-electron chi connectivity index (χ0n) is 17.8. The summed E-state index contributed by atoms with van der Waals surface area (Å²) < 4.78 is 15.0. The van der Waals surface area contributed by atoms with Gasteiger partial charge in [0.1, 0.15) is 11.9 Å². The van der Waals surface area contributed by atoms with Crippen LogP contribution in [0, 0.1) is 26.6 Å². The largest absolute Gasteiger partial charge is 0.390 e. The van der Waals surface area contributed by atoms with Crippen molar-refractivity contribution in [1.82, 2.24) is 9.88 Å². The van der Waals surface area contributed by atoms with Crippen LogP contribution in [-0.4, -0.2) is 50.6 Å². The minimum atomic E-state index is -1.13. The number of aliphatic hydroxyl groups excluding tert-OH is 2. The Morgan fingerprint density at radius 1 is 1.13 bits per heavy atom. The van der Waals surface area contributed by atoms with E-state index in [0.717, 1.165) is 0 Å². The fourth-order valence-corrected chi connectivity index (χ4v) is 4.01. The first-order valence-corrected chi connectivity index (χ1v) is 9.97. The molecule has 0 saturated heterocycles. The number of carbonyl (C=O) groups is 3. The maximum atomic E-state index is 13.5. The summed E-state index contributed by atoms with van der Waals surface area (Å²) in [6.45, 7) is 4.82. The van der Waals surface area contributed by atoms with Crippen LogP contribution in [-0.2, 0) is 11.8 Å². The van der Waals surface area contributed by atoms with Gasteiger partial charge in [-0.1, -0.05) is 0 Å². The molecule has 166 valence electrons. The monoisotopic (exact) mass is 431 g/mol. The quantitative estimate of drug-likeness (QED) is 0.423. The van der Waals surface area contributed by atoms with E-state index in [2.05, 4.69) is 10.6 Å². The van der Waals surface area contributed by atoms with E-state index in [-0.39, 0.29) is 17.1 Å². The number of aryl methyl sites for hydroxylation is 1. The zero-order valence-corrected chi connectivity index (χ0v) is 17.8. The molecular formula is C22H26FN3O5. The number of ketones is 1. The minimum Gasteiger partial charge on any atom is -0.390 e. The fraction of sp³-hybridized carbons (Fsp3) is 0.409. The molecule has 2 amide bonds. The highest BCUT2D eigenvalue weighted by molar-refractivity contribution is 6.43. The Morgan fingerprint density at radius 2 is 1.81 bits per heavy atom. The lowest BCUT2D eigenvalue weighted by atomic mass is 10.1. The third-order valence-electron chi connectivity index (χ3n) is 5.89. The topological polar surface area (TPSA) is 121 Å². The van der Waals surface area contributed by atoms with Gasteiger partial charge in [0, 0.05) is 18.4 Å². The van der Waals surface area contributed by atoms with Gasteiger partial charge in [0.2, 0.25) is 0 Å². The molecule has 0 spiro atoms. The van der Waals surface area contributed by atoms with Crippen molar-refractivity contribution in [3.05, 3.63) is 52.1 Å². The van der Waals surface area contributed by atoms with E-state index in [1.165, 1.54) is 22.8 Å². The number of nitrogens with one attached hydrogen (secondary N) is 2. The SMILES string of the molecule is Cc1cc(NC(=O)c2c(C)c(C(=O)C(=O)N[C@H]3CC[C@H](O)[C@H]3O)n(C)c2C)ccc1F. The molecule has 3 rings (SSSR count). The second-order valence-electron chi connectivity index (χ2n) is 7.96. The van der Waals surface area contributed by atoms with Crippen LogP contribution in [0.3, 0.4) is 0 Å². The van der Waals surface area contributed by atoms with E-state index in [9.17, 15) is 29.0 Å². The summed E-state index contributed by atoms with van der Waals surface area (Å²) >= 11 is 0. The van der Waals surface area contributed by atoms with Gasteiger partial charge in [-0.15, -0.1) is 0 Å². The van der Waals surface area contributed by atoms with Crippen LogP contribution in [0.25, 0.3) is 0 Å². The van der Waals surface area contributed by atoms with E-state index in [1.807, 2.05) is 0 Å². The van der Waals surface area contributed by atoms with Crippen LogP contribution >= 0.6 is 0 Å². The van der Waals surface area contributed by atoms with Crippen molar-refractivity contribution in [2.75, 3.05) is 5.32 Å². The number of hydrogen-bond acceptors (Lipinski definition) is 5. The minimum absolute atomic E-state index is 0.0588. The number of carbonyl (C=O) groups excluding carboxylic acids is 3. The van der Waals surface area contributed by atoms with Crippen molar-refractivity contribution in [3.63, 3.8) is 0 Å². The molecule has 2 aromatic rings. The second-order valence-corrected chi connectivity index (χ2v) is 7.96. The molecule has 0 bridgehead atoms. The van der Waals surface area contributed by atoms with E-state index in [1.54, 1.807) is 27.8 Å². The molecule has 1 aliphatic carbocycles. The Morgan fingerprint density at radius 3 is 2.39 bits per heavy atom. The Kier molecular flexibility index (Phi) is 6.28. The van der Waals surface area contributed by atoms with Crippen molar-refractivity contribution >= 4 is 23.3 Å². The molecule has 0 unspecified atom stereocenters. The molecule has 1 fully saturated rings. The second kappa shape index (κ2) is 8.60. The first-order chi connectivity index (χ1) is 14.5. The Balaban J connectivity index is 1.83. The van der Waals surface area contributed by atoms with Gasteiger partial charge in [-0.2, -0.15) is 0 Å². The van der Waals surface area contributed by atoms with Gasteiger partial charge in [0.25, 0.3) is 17.6 Å². The third-order valence-corrected chi connectivity index (χ3v) is 5.89. The molecule has 1 aliphatic rings. The van der Waals surface area contributed by atoms with Crippen LogP contribution in [0.4, 0.5) is 10.1 Å². The summed E-state index contributed by atoms with van der Waals surface area (Å²) in [5.41, 5.74) is 1.92. The molecule has 8 nitrogen and oxygen atoms in total. The molecule has 9 heteroatoms. The number of Topliss-reactive ketones (excluding diaryl/α,β-unsaturated/α-hetero) is 1. The van der Waals surface area contributed by atoms with Crippen molar-refractivity contribution in [2.45, 2.75) is 51.9 Å². The maximum absolute atomic E-state index is 13.5. The molecule has 1 aromatic carbocycles. The number of nitrogens with zero attached hydrogens (tertiary/aromatic N) is 1. The number of halogens is 1. The van der Waals surface area contributed by atoms with E-state index >= 15 is 0 Å². The van der Waals surface area contributed by atoms with Gasteiger partial charge >= 0.3 is 0 Å². The van der Waals surface area contributed by atoms with E-state index < -0.39 is 35.8 Å². The van der Waals surface area contributed by atoms with E-state index in [4.69, 9.17) is 0 Å². The first-order valence-electron chi connectivity index (χ1n) is 9.97. The molecule has 1 heterocycles. The van der Waals surface area contributed by atoms with Gasteiger partial charge in [0.15, 0.2) is 0 Å². The van der Waals surface area contributed by atoms with Gasteiger partial charge < -0.3 is 25.4 Å². The van der Waals surface area contributed by atoms with Crippen LogP contribution in [0.2, 0.25) is 0 Å². The van der Waals surface area contributed by atoms with Crippen LogP contribution < -0.4 is 10.6 Å². The molecule has 3 atom stereocenters. The van der Waals surface area contributed by atoms with Crippen molar-refractivity contribution in [1.29, 1.82) is 0 Å². The van der Waals surface area contributed by atoms with Crippen molar-refractivity contribution in [3.8, 4) is 0 Å². The van der Waals surface area contributed by atoms with Crippen LogP contribution in [0.1, 0.15) is 50.5 Å². The first kappa shape index (κ1) is 22.6. The molecule has 31 heavy (non-hydrogen) atoms. The highest BCUT2D eigenvalue weighted by atomic mass is 19.1. The third kappa shape index (κ3) is 4.24. The van der Waals surface area contributed by atoms with Gasteiger partial charge in [-0.05, 0) is 62.9 Å². The maximum Gasteiger partial charge on any atom is 0.294 e. The summed E-state index contributed by atoms with van der Waals surface area (Å²) in [7, 11) is 1.58. The number of aliphatic hydroxyl groups is 2. The Bertz CT molecular complexity index is 1060. The standard InChI is InChI=1S/C22H26FN3O5/c1-10-9-13(5-6-14(10)23)24-21(30)17-11(2)18(26(4)12(17)3)20(29)22(31)25-15-7-8-16(27)19(15)28/h5-6,9,15-16,19,27-28H,7-8H2,1-4H3,(H,24,30)(H,25,31)/t15-,16-,19-/m0/s1. The lowest BCUT2D eigenvalue weighted by molar-refractivity contribution is -0.118. The summed E-state index contributed by atoms with van der Waals surface area (Å²) in [5.74, 6) is -2.62. The Labute approximate surface area is 179 Å². The lowest BCUT2D eigenvalue weighted by Crippen LogP contribution is -2.45. The fourth-order valence-electron chi connectivity index (χ4n) is 4.01. The lowest BCUT2D eigenvalue weighted by Gasteiger charge is -2.17. The molecule has 4 N–H and O–H groups in total. The summed E-state index contributed by atoms with van der Waals surface area (Å²) in [5, 5.41) is 24.7. The predicted octanol–water partition coefficient (Wildman–Crippen LogP) is 1.52. The summed E-state index contributed by atoms with van der Waals surface area (Å²) in [4.78, 5) is 38.2. The summed E-state index contributed by atoms with van der Waals surface area (Å²) in [6.07, 6.45) is -1.38. The van der Waals surface area contributed by atoms with Crippen molar-refractivity contribution in [2.24, 2.45) is 7.05 Å². The average molecular weight is 431 g/mol. The van der Waals surface area contributed by atoms with Gasteiger partial charge in [0.05, 0.1) is 23.4 Å². The van der Waals surface area contributed by atoms with E-state index in [0.29, 0.717) is 35.3 Å². The normalized spacial score (nSPS) is 20.5. The number of amides is 2. The zero-order chi connectivity index (χ0) is 23.0. The highest BCUT2D eigenvalue weighted by Crippen LogP contribution is 2.25. The number of rotatable bonds is 5. The number of anilines is 1. The highest BCUT2D eigenvalue weighted by Gasteiger charge is 2.36. The molecule has 1 saturated carbocycles. The smallest absolute Gasteiger partial charge is 0.294 e. The number of hydrogen-bond donors (Lipinski definition) is 4. The van der Waals surface area contributed by atoms with Gasteiger partial charge in [-0.3, -0.25) is 14.4 Å². The predicted molar refractivity (Wildman–Crippen MR) is 111 cm³/mol. The van der Waals surface area contributed by atoms with Crippen LogP contribution in [0.15, 0.2) is 18.2 Å². The number of aromatic nitrogens is 1. The van der Waals surface area contributed by atoms with Gasteiger partial charge in [-0.25, -0.2) is 4.39 Å². The van der Waals surface area contributed by atoms with Crippen molar-refractivity contribution < 1.29 is 29.0 Å². The molecule has 0 aliphatic heterocycles. The van der Waals surface area contributed by atoms with Crippen LogP contribution in [0.5, 0.6) is 0 Å². The number of benzene rings is 1. The average Bonchev–Trinajstić information content (AvgIpc) is 3.14. The molecule has 1 aromatic heterocycles. The summed E-state index contributed by atoms with van der Waals surface area (Å²) in [6, 6.07) is 3.48.